The number of nitrogens with two attached hydrogens (primary N) is 1. The highest BCUT2D eigenvalue weighted by Crippen LogP contribution is 1.95. The summed E-state index contributed by atoms with van der Waals surface area (Å²) in [6, 6.07) is 0. The Labute approximate surface area is 48.6 Å². The lowest BCUT2D eigenvalue weighted by molar-refractivity contribution is -0.125. The molecule has 1 atom stereocenters. The van der Waals surface area contributed by atoms with Crippen molar-refractivity contribution in [2.24, 2.45) is 5.73 Å². The Hall–Kier alpha value is -0.795. The maximum absolute atomic E-state index is 10.2. The molecule has 0 aliphatic carbocycles. The van der Waals surface area contributed by atoms with E-state index >= 15 is 0 Å². The molecule has 0 aromatic rings. The summed E-state index contributed by atoms with van der Waals surface area (Å²) in [5.41, 5.74) is 4.65. The molecule has 2 N–H and O–H groups in total. The average molecular weight is 111 g/mol. The summed E-state index contributed by atoms with van der Waals surface area (Å²) in [4.78, 5) is 20.2. The van der Waals surface area contributed by atoms with E-state index in [9.17, 15) is 9.59 Å². The van der Waals surface area contributed by atoms with Crippen LogP contribution in [0, 0.1) is 0 Å². The summed E-state index contributed by atoms with van der Waals surface area (Å²) >= 11 is 0. The molecule has 1 amide bonds. The molecule has 0 aliphatic heterocycles. The lowest BCUT2D eigenvalue weighted by Gasteiger charge is -1.98. The Morgan fingerprint density at radius 1 is 1.62 bits per heavy atom. The third-order valence-corrected chi connectivity index (χ3v) is 0.744. The summed E-state index contributed by atoms with van der Waals surface area (Å²) < 4.78 is 0. The number of primary amides is 1. The van der Waals surface area contributed by atoms with Crippen molar-refractivity contribution >= 4 is 19.5 Å². The van der Waals surface area contributed by atoms with E-state index in [2.05, 4.69) is 5.73 Å². The van der Waals surface area contributed by atoms with Gasteiger partial charge < -0.3 is 10.5 Å². The van der Waals surface area contributed by atoms with Crippen LogP contribution in [0.1, 0.15) is 6.92 Å². The second-order valence-corrected chi connectivity index (χ2v) is 1.49. The molecule has 0 aromatic carbocycles. The summed E-state index contributed by atoms with van der Waals surface area (Å²) in [6.07, 6.45) is 0. The molecule has 0 saturated carbocycles. The van der Waals surface area contributed by atoms with E-state index in [1.807, 2.05) is 0 Å². The molecule has 0 aromatic heterocycles. The molecular weight excluding hydrogens is 105 g/mol. The first kappa shape index (κ1) is 7.20. The molecular formula is C4H6BNO2. The first-order valence-corrected chi connectivity index (χ1v) is 2.11. The van der Waals surface area contributed by atoms with E-state index in [0.29, 0.717) is 0 Å². The van der Waals surface area contributed by atoms with Gasteiger partial charge in [-0.2, -0.15) is 0 Å². The van der Waals surface area contributed by atoms with Crippen LogP contribution in [0.2, 0.25) is 5.82 Å². The largest absolute Gasteiger partial charge is 0.370 e. The van der Waals surface area contributed by atoms with E-state index in [1.165, 1.54) is 6.92 Å². The molecule has 0 fully saturated rings. The normalized spacial score (nSPS) is 12.6. The predicted octanol–water partition coefficient (Wildman–Crippen LogP) is -0.982. The lowest BCUT2D eigenvalue weighted by atomic mass is 9.84. The Kier molecular flexibility index (Phi) is 2.25. The van der Waals surface area contributed by atoms with Crippen molar-refractivity contribution in [1.29, 1.82) is 0 Å². The van der Waals surface area contributed by atoms with Gasteiger partial charge in [0.2, 0.25) is 5.91 Å². The number of ketones is 1. The van der Waals surface area contributed by atoms with Gasteiger partial charge in [-0.15, -0.1) is 0 Å². The fourth-order valence-electron chi connectivity index (χ4n) is 0.200. The van der Waals surface area contributed by atoms with Gasteiger partial charge in [0.25, 0.3) is 0 Å². The van der Waals surface area contributed by atoms with Gasteiger partial charge in [-0.3, -0.25) is 4.79 Å². The Balaban J connectivity index is 3.83. The minimum atomic E-state index is -1.13. The summed E-state index contributed by atoms with van der Waals surface area (Å²) in [7, 11) is 4.94. The zero-order chi connectivity index (χ0) is 6.73. The second-order valence-electron chi connectivity index (χ2n) is 1.49. The number of hydrogen-bond donors (Lipinski definition) is 1. The molecule has 0 aliphatic rings. The highest BCUT2D eigenvalue weighted by atomic mass is 16.2. The topological polar surface area (TPSA) is 60.2 Å². The van der Waals surface area contributed by atoms with Crippen molar-refractivity contribution < 1.29 is 9.59 Å². The molecule has 2 radical (unpaired) electrons. The molecule has 0 heterocycles. The van der Waals surface area contributed by atoms with Crippen molar-refractivity contribution in [3.8, 4) is 0 Å². The van der Waals surface area contributed by atoms with Crippen molar-refractivity contribution in [1.82, 2.24) is 0 Å². The van der Waals surface area contributed by atoms with Crippen LogP contribution in [0.15, 0.2) is 0 Å². The molecule has 0 saturated heterocycles. The third-order valence-electron chi connectivity index (χ3n) is 0.744. The summed E-state index contributed by atoms with van der Waals surface area (Å²) in [6.45, 7) is 1.22. The molecule has 1 unspecified atom stereocenters. The molecule has 0 rings (SSSR count). The minimum absolute atomic E-state index is 0.405. The van der Waals surface area contributed by atoms with Crippen LogP contribution in [-0.2, 0) is 9.59 Å². The Morgan fingerprint density at radius 3 is 2.00 bits per heavy atom. The number of amides is 1. The monoisotopic (exact) mass is 111 g/mol. The van der Waals surface area contributed by atoms with Crippen molar-refractivity contribution in [2.45, 2.75) is 12.7 Å². The van der Waals surface area contributed by atoms with Crippen LogP contribution in [0.5, 0.6) is 0 Å². The van der Waals surface area contributed by atoms with E-state index in [4.69, 9.17) is 7.85 Å². The fraction of sp³-hybridized carbons (Fsp3) is 0.500. The standard InChI is InChI=1S/C4H6BNO2/c1-2(7)3(5)4(6)8/h3H,1H3,(H2,6,8). The maximum atomic E-state index is 10.2. The van der Waals surface area contributed by atoms with Crippen LogP contribution in [0.4, 0.5) is 0 Å². The Morgan fingerprint density at radius 2 is 2.00 bits per heavy atom. The zero-order valence-corrected chi connectivity index (χ0v) is 4.55. The van der Waals surface area contributed by atoms with Gasteiger partial charge in [-0.05, 0) is 6.92 Å². The van der Waals surface area contributed by atoms with Gasteiger partial charge in [0.15, 0.2) is 0 Å². The molecule has 8 heavy (non-hydrogen) atoms. The van der Waals surface area contributed by atoms with Crippen molar-refractivity contribution in [3.05, 3.63) is 0 Å². The third kappa shape index (κ3) is 1.77. The number of carbonyl (C=O) groups excluding carboxylic acids is 2. The number of Topliss-reactive ketones (excluding diaryl/α,β-unsaturated/α-hetero) is 1. The van der Waals surface area contributed by atoms with Crippen LogP contribution in [0.25, 0.3) is 0 Å². The number of hydrogen-bond acceptors (Lipinski definition) is 2. The summed E-state index contributed by atoms with van der Waals surface area (Å²) in [5, 5.41) is 0. The van der Waals surface area contributed by atoms with Crippen molar-refractivity contribution in [3.63, 3.8) is 0 Å². The van der Waals surface area contributed by atoms with Gasteiger partial charge in [-0.25, -0.2) is 0 Å². The number of rotatable bonds is 2. The SMILES string of the molecule is [B]C(C(C)=O)C(N)=O. The van der Waals surface area contributed by atoms with E-state index in [0.717, 1.165) is 0 Å². The molecule has 4 heteroatoms. The van der Waals surface area contributed by atoms with Gasteiger partial charge in [-0.1, -0.05) is 0 Å². The lowest BCUT2D eigenvalue weighted by Crippen LogP contribution is -2.23. The smallest absolute Gasteiger partial charge is 0.218 e. The summed E-state index contributed by atoms with van der Waals surface area (Å²) in [5.74, 6) is -2.31. The first-order valence-electron chi connectivity index (χ1n) is 2.11. The van der Waals surface area contributed by atoms with E-state index in [1.54, 1.807) is 0 Å². The Bertz CT molecular complexity index is 109. The first-order chi connectivity index (χ1) is 3.55. The molecule has 42 valence electrons. The van der Waals surface area contributed by atoms with Crippen LogP contribution in [0.3, 0.4) is 0 Å². The van der Waals surface area contributed by atoms with Crippen LogP contribution in [-0.4, -0.2) is 19.5 Å². The quantitative estimate of drug-likeness (QED) is 0.367. The van der Waals surface area contributed by atoms with E-state index in [-0.39, 0.29) is 0 Å². The van der Waals surface area contributed by atoms with Crippen LogP contribution >= 0.6 is 0 Å². The zero-order valence-electron chi connectivity index (χ0n) is 4.55. The minimum Gasteiger partial charge on any atom is -0.370 e. The maximum Gasteiger partial charge on any atom is 0.218 e. The van der Waals surface area contributed by atoms with Crippen molar-refractivity contribution in [2.75, 3.05) is 0 Å². The van der Waals surface area contributed by atoms with E-state index < -0.39 is 17.5 Å². The van der Waals surface area contributed by atoms with Crippen LogP contribution < -0.4 is 5.73 Å². The second kappa shape index (κ2) is 2.50. The van der Waals surface area contributed by atoms with Gasteiger partial charge in [0.1, 0.15) is 5.78 Å². The number of carbonyl (C=O) groups is 2. The molecule has 0 bridgehead atoms. The highest BCUT2D eigenvalue weighted by Gasteiger charge is 2.11. The predicted molar refractivity (Wildman–Crippen MR) is 29.4 cm³/mol. The van der Waals surface area contributed by atoms with Gasteiger partial charge in [0.05, 0.1) is 13.7 Å². The fourth-order valence-corrected chi connectivity index (χ4v) is 0.200. The van der Waals surface area contributed by atoms with Gasteiger partial charge >= 0.3 is 0 Å². The average Bonchev–Trinajstić information content (AvgIpc) is 1.64. The highest BCUT2D eigenvalue weighted by molar-refractivity contribution is 6.35. The molecule has 3 nitrogen and oxygen atoms in total. The molecule has 0 spiro atoms. The van der Waals surface area contributed by atoms with Gasteiger partial charge in [0, 0.05) is 0 Å².